The summed E-state index contributed by atoms with van der Waals surface area (Å²) in [5.41, 5.74) is 2.12. The maximum absolute atomic E-state index is 4.23. The maximum Gasteiger partial charge on any atom is 0.0924 e. The Morgan fingerprint density at radius 3 is 2.77 bits per heavy atom. The molecule has 0 aliphatic carbocycles. The van der Waals surface area contributed by atoms with E-state index in [0.717, 1.165) is 17.7 Å². The molecule has 0 saturated carbocycles. The molecule has 0 N–H and O–H groups in total. The first-order valence-electron chi connectivity index (χ1n) is 4.16. The van der Waals surface area contributed by atoms with Gasteiger partial charge in [0.05, 0.1) is 6.20 Å². The smallest absolute Gasteiger partial charge is 0.0924 e. The summed E-state index contributed by atoms with van der Waals surface area (Å²) >= 11 is 0. The molecule has 2 aromatic rings. The zero-order valence-electron chi connectivity index (χ0n) is 7.14. The van der Waals surface area contributed by atoms with Crippen molar-refractivity contribution in [2.45, 2.75) is 6.42 Å². The molecular weight excluding hydrogens is 160 g/mol. The van der Waals surface area contributed by atoms with Crippen LogP contribution in [0.15, 0.2) is 42.7 Å². The number of hydrogen-bond donors (Lipinski definition) is 0. The summed E-state index contributed by atoms with van der Waals surface area (Å²) in [6.07, 6.45) is 7.25. The second-order valence-electron chi connectivity index (χ2n) is 2.77. The quantitative estimate of drug-likeness (QED) is 0.685. The van der Waals surface area contributed by atoms with Crippen molar-refractivity contribution in [3.05, 3.63) is 60.2 Å². The van der Waals surface area contributed by atoms with Gasteiger partial charge < -0.3 is 0 Å². The van der Waals surface area contributed by atoms with Crippen LogP contribution in [-0.4, -0.2) is 9.97 Å². The van der Waals surface area contributed by atoms with Gasteiger partial charge in [0.15, 0.2) is 0 Å². The van der Waals surface area contributed by atoms with E-state index in [0.29, 0.717) is 0 Å². The summed E-state index contributed by atoms with van der Waals surface area (Å²) in [4.78, 5) is 8.15. The highest BCUT2D eigenvalue weighted by molar-refractivity contribution is 5.16. The molecular formula is C11H9N2. The van der Waals surface area contributed by atoms with Crippen LogP contribution in [0.3, 0.4) is 0 Å². The van der Waals surface area contributed by atoms with Crippen LogP contribution in [0.2, 0.25) is 0 Å². The molecule has 0 fully saturated rings. The van der Waals surface area contributed by atoms with Crippen molar-refractivity contribution in [3.8, 4) is 0 Å². The van der Waals surface area contributed by atoms with Gasteiger partial charge in [-0.25, -0.2) is 0 Å². The molecule has 2 heterocycles. The van der Waals surface area contributed by atoms with E-state index in [2.05, 4.69) is 16.2 Å². The monoisotopic (exact) mass is 169 g/mol. The molecule has 0 aliphatic heterocycles. The average molecular weight is 169 g/mol. The molecule has 2 heteroatoms. The predicted molar refractivity (Wildman–Crippen MR) is 50.1 cm³/mol. The highest BCUT2D eigenvalue weighted by Gasteiger charge is 1.95. The Kier molecular flexibility index (Phi) is 2.32. The van der Waals surface area contributed by atoms with Crippen LogP contribution >= 0.6 is 0 Å². The van der Waals surface area contributed by atoms with Gasteiger partial charge in [-0.3, -0.25) is 9.97 Å². The lowest BCUT2D eigenvalue weighted by Crippen LogP contribution is -1.91. The van der Waals surface area contributed by atoms with Crippen LogP contribution in [0.1, 0.15) is 11.3 Å². The molecule has 2 nitrogen and oxygen atoms in total. The van der Waals surface area contributed by atoms with E-state index in [1.807, 2.05) is 30.3 Å². The Morgan fingerprint density at radius 1 is 1.08 bits per heavy atom. The lowest BCUT2D eigenvalue weighted by Gasteiger charge is -1.97. The lowest BCUT2D eigenvalue weighted by molar-refractivity contribution is 1.05. The molecule has 0 atom stereocenters. The van der Waals surface area contributed by atoms with Gasteiger partial charge in [-0.05, 0) is 23.8 Å². The Hall–Kier alpha value is -1.70. The zero-order valence-corrected chi connectivity index (χ0v) is 7.14. The first-order valence-corrected chi connectivity index (χ1v) is 4.16. The van der Waals surface area contributed by atoms with Crippen LogP contribution in [0.5, 0.6) is 0 Å². The third-order valence-electron chi connectivity index (χ3n) is 1.76. The lowest BCUT2D eigenvalue weighted by atomic mass is 10.1. The number of rotatable bonds is 2. The Balaban J connectivity index is 2.16. The molecule has 0 unspecified atom stereocenters. The molecule has 13 heavy (non-hydrogen) atoms. The van der Waals surface area contributed by atoms with Crippen LogP contribution in [-0.2, 0) is 6.42 Å². The van der Waals surface area contributed by atoms with Crippen molar-refractivity contribution in [1.29, 1.82) is 0 Å². The van der Waals surface area contributed by atoms with Crippen molar-refractivity contribution in [3.63, 3.8) is 0 Å². The Bertz CT molecular complexity index is 319. The topological polar surface area (TPSA) is 25.8 Å². The number of aromatic nitrogens is 2. The highest BCUT2D eigenvalue weighted by Crippen LogP contribution is 2.03. The van der Waals surface area contributed by atoms with Crippen molar-refractivity contribution in [2.24, 2.45) is 0 Å². The average Bonchev–Trinajstić information content (AvgIpc) is 2.21. The first-order chi connectivity index (χ1) is 6.45. The van der Waals surface area contributed by atoms with Gasteiger partial charge in [0, 0.05) is 24.5 Å². The largest absolute Gasteiger partial charge is 0.261 e. The van der Waals surface area contributed by atoms with Crippen LogP contribution in [0.4, 0.5) is 0 Å². The first kappa shape index (κ1) is 7.92. The molecule has 0 bridgehead atoms. The van der Waals surface area contributed by atoms with E-state index in [1.165, 1.54) is 0 Å². The summed E-state index contributed by atoms with van der Waals surface area (Å²) < 4.78 is 0. The van der Waals surface area contributed by atoms with E-state index < -0.39 is 0 Å². The number of nitrogens with zero attached hydrogens (tertiary/aromatic N) is 2. The van der Waals surface area contributed by atoms with Gasteiger partial charge in [-0.1, -0.05) is 12.1 Å². The SMILES string of the molecule is [c]1ncccc1Cc1ccccn1. The zero-order chi connectivity index (χ0) is 8.93. The summed E-state index contributed by atoms with van der Waals surface area (Å²) in [6.45, 7) is 0. The van der Waals surface area contributed by atoms with E-state index in [4.69, 9.17) is 0 Å². The third-order valence-corrected chi connectivity index (χ3v) is 1.76. The number of pyridine rings is 2. The van der Waals surface area contributed by atoms with Crippen molar-refractivity contribution < 1.29 is 0 Å². The fraction of sp³-hybridized carbons (Fsp3) is 0.0909. The molecule has 2 aromatic heterocycles. The highest BCUT2D eigenvalue weighted by atomic mass is 14.7. The van der Waals surface area contributed by atoms with E-state index in [9.17, 15) is 0 Å². The van der Waals surface area contributed by atoms with Crippen molar-refractivity contribution in [1.82, 2.24) is 9.97 Å². The Morgan fingerprint density at radius 2 is 2.08 bits per heavy atom. The minimum Gasteiger partial charge on any atom is -0.261 e. The molecule has 0 aliphatic rings. The van der Waals surface area contributed by atoms with Crippen LogP contribution < -0.4 is 0 Å². The summed E-state index contributed by atoms with van der Waals surface area (Å²) in [7, 11) is 0. The van der Waals surface area contributed by atoms with Crippen LogP contribution in [0, 0.1) is 6.20 Å². The predicted octanol–water partition coefficient (Wildman–Crippen LogP) is 1.87. The van der Waals surface area contributed by atoms with Gasteiger partial charge in [-0.2, -0.15) is 0 Å². The third kappa shape index (κ3) is 2.12. The summed E-state index contributed by atoms with van der Waals surface area (Å²) in [5, 5.41) is 0. The van der Waals surface area contributed by atoms with Crippen molar-refractivity contribution in [2.75, 3.05) is 0 Å². The van der Waals surface area contributed by atoms with E-state index >= 15 is 0 Å². The van der Waals surface area contributed by atoms with Gasteiger partial charge in [-0.15, -0.1) is 0 Å². The van der Waals surface area contributed by atoms with Crippen molar-refractivity contribution >= 4 is 0 Å². The maximum atomic E-state index is 4.23. The fourth-order valence-corrected chi connectivity index (χ4v) is 1.16. The minimum atomic E-state index is 0.800. The number of hydrogen-bond acceptors (Lipinski definition) is 2. The Labute approximate surface area is 77.3 Å². The van der Waals surface area contributed by atoms with Gasteiger partial charge >= 0.3 is 0 Å². The second-order valence-corrected chi connectivity index (χ2v) is 2.77. The summed E-state index contributed by atoms with van der Waals surface area (Å²) in [5.74, 6) is 0. The molecule has 63 valence electrons. The fourth-order valence-electron chi connectivity index (χ4n) is 1.16. The minimum absolute atomic E-state index is 0.800. The van der Waals surface area contributed by atoms with E-state index in [1.54, 1.807) is 12.4 Å². The molecule has 1 radical (unpaired) electrons. The molecule has 0 spiro atoms. The molecule has 2 rings (SSSR count). The van der Waals surface area contributed by atoms with Gasteiger partial charge in [0.2, 0.25) is 0 Å². The standard InChI is InChI=1S/C11H9N2/c1-2-7-13-11(5-1)8-10-4-3-6-12-9-10/h1-7H,8H2. The van der Waals surface area contributed by atoms with E-state index in [-0.39, 0.29) is 0 Å². The molecule has 0 amide bonds. The van der Waals surface area contributed by atoms with Crippen LogP contribution in [0.25, 0.3) is 0 Å². The second kappa shape index (κ2) is 3.81. The normalized spacial score (nSPS) is 9.85. The molecule has 0 saturated heterocycles. The van der Waals surface area contributed by atoms with Gasteiger partial charge in [0.25, 0.3) is 0 Å². The van der Waals surface area contributed by atoms with Gasteiger partial charge in [0.1, 0.15) is 0 Å². The summed E-state index contributed by atoms with van der Waals surface area (Å²) in [6, 6.07) is 9.81. The molecule has 0 aromatic carbocycles.